The molecule has 0 aromatic carbocycles. The van der Waals surface area contributed by atoms with E-state index in [1.54, 1.807) is 0 Å². The summed E-state index contributed by atoms with van der Waals surface area (Å²) in [6, 6.07) is 2.99. The number of rotatable bonds is 14. The third-order valence-corrected chi connectivity index (χ3v) is 4.45. The van der Waals surface area contributed by atoms with E-state index >= 15 is 0 Å². The van der Waals surface area contributed by atoms with E-state index in [1.807, 2.05) is 13.0 Å². The topological polar surface area (TPSA) is 68.3 Å². The molecule has 1 rings (SSSR count). The van der Waals surface area contributed by atoms with Crippen LogP contribution in [0.3, 0.4) is 0 Å². The molecule has 0 aliphatic heterocycles. The van der Waals surface area contributed by atoms with Gasteiger partial charge in [-0.1, -0.05) is 27.7 Å². The minimum absolute atomic E-state index is 0.548. The molecule has 2 N–H and O–H groups in total. The maximum atomic E-state index is 5.71. The van der Waals surface area contributed by atoms with Crippen molar-refractivity contribution in [1.29, 1.82) is 0 Å². The zero-order chi connectivity index (χ0) is 18.5. The Morgan fingerprint density at radius 1 is 0.840 bits per heavy atom. The Hall–Kier alpha value is -1.40. The SMILES string of the molecule is CCC(CC)NCCOc1cc(C)c(OCCNC(CC)CC)nn1. The molecule has 0 fully saturated rings. The molecular weight excluding hydrogens is 316 g/mol. The van der Waals surface area contributed by atoms with Crippen LogP contribution in [0.4, 0.5) is 0 Å². The van der Waals surface area contributed by atoms with Gasteiger partial charge in [0.15, 0.2) is 0 Å². The van der Waals surface area contributed by atoms with Crippen LogP contribution >= 0.6 is 0 Å². The highest BCUT2D eigenvalue weighted by molar-refractivity contribution is 5.27. The van der Waals surface area contributed by atoms with Crippen molar-refractivity contribution in [1.82, 2.24) is 20.8 Å². The van der Waals surface area contributed by atoms with Crippen LogP contribution in [-0.2, 0) is 0 Å². The maximum absolute atomic E-state index is 5.71. The number of aryl methyl sites for hydroxylation is 1. The Labute approximate surface area is 153 Å². The lowest BCUT2D eigenvalue weighted by Crippen LogP contribution is -2.31. The Morgan fingerprint density at radius 2 is 1.36 bits per heavy atom. The summed E-state index contributed by atoms with van der Waals surface area (Å²) in [6.45, 7) is 13.5. The molecule has 0 spiro atoms. The molecule has 0 aliphatic carbocycles. The third kappa shape index (κ3) is 8.50. The van der Waals surface area contributed by atoms with Crippen molar-refractivity contribution in [2.45, 2.75) is 72.4 Å². The molecule has 25 heavy (non-hydrogen) atoms. The summed E-state index contributed by atoms with van der Waals surface area (Å²) in [6.07, 6.45) is 4.53. The van der Waals surface area contributed by atoms with Crippen LogP contribution in [0, 0.1) is 6.92 Å². The molecule has 6 heteroatoms. The van der Waals surface area contributed by atoms with Crippen molar-refractivity contribution in [3.05, 3.63) is 11.6 Å². The predicted molar refractivity (Wildman–Crippen MR) is 103 cm³/mol. The van der Waals surface area contributed by atoms with E-state index < -0.39 is 0 Å². The summed E-state index contributed by atoms with van der Waals surface area (Å²) >= 11 is 0. The van der Waals surface area contributed by atoms with E-state index in [4.69, 9.17) is 9.47 Å². The molecule has 0 bridgehead atoms. The Kier molecular flexibility index (Phi) is 11.2. The van der Waals surface area contributed by atoms with Gasteiger partial charge in [0.05, 0.1) is 0 Å². The van der Waals surface area contributed by atoms with Gasteiger partial charge in [-0.2, -0.15) is 0 Å². The van der Waals surface area contributed by atoms with Crippen molar-refractivity contribution in [3.63, 3.8) is 0 Å². The van der Waals surface area contributed by atoms with E-state index in [0.29, 0.717) is 37.1 Å². The fraction of sp³-hybridized carbons (Fsp3) is 0.789. The van der Waals surface area contributed by atoms with E-state index in [0.717, 1.165) is 44.3 Å². The molecule has 0 atom stereocenters. The molecule has 1 aromatic rings. The van der Waals surface area contributed by atoms with Crippen LogP contribution in [0.5, 0.6) is 11.8 Å². The normalized spacial score (nSPS) is 11.3. The minimum Gasteiger partial charge on any atom is -0.475 e. The van der Waals surface area contributed by atoms with Gasteiger partial charge in [0.25, 0.3) is 0 Å². The van der Waals surface area contributed by atoms with Crippen LogP contribution in [0.15, 0.2) is 6.07 Å². The van der Waals surface area contributed by atoms with Crippen molar-refractivity contribution < 1.29 is 9.47 Å². The van der Waals surface area contributed by atoms with Crippen LogP contribution < -0.4 is 20.1 Å². The number of ether oxygens (including phenoxy) is 2. The quantitative estimate of drug-likeness (QED) is 0.502. The van der Waals surface area contributed by atoms with Gasteiger partial charge in [-0.05, 0) is 32.6 Å². The largest absolute Gasteiger partial charge is 0.475 e. The first-order valence-corrected chi connectivity index (χ1v) is 9.71. The standard InChI is InChI=1S/C19H36N4O2/c1-6-16(7-2)20-10-12-24-18-14-15(5)19(23-22-18)25-13-11-21-17(8-3)9-4/h14,16-17,20-21H,6-13H2,1-5H3. The average Bonchev–Trinajstić information content (AvgIpc) is 2.63. The van der Waals surface area contributed by atoms with Gasteiger partial charge in [0.2, 0.25) is 11.8 Å². The summed E-state index contributed by atoms with van der Waals surface area (Å²) < 4.78 is 11.4. The molecular formula is C19H36N4O2. The monoisotopic (exact) mass is 352 g/mol. The molecule has 0 saturated heterocycles. The summed E-state index contributed by atoms with van der Waals surface area (Å²) in [5.74, 6) is 1.13. The zero-order valence-electron chi connectivity index (χ0n) is 16.6. The van der Waals surface area contributed by atoms with E-state index in [9.17, 15) is 0 Å². The highest BCUT2D eigenvalue weighted by Gasteiger charge is 2.07. The summed E-state index contributed by atoms with van der Waals surface area (Å²) in [5.41, 5.74) is 0.945. The van der Waals surface area contributed by atoms with Crippen LogP contribution in [0.25, 0.3) is 0 Å². The van der Waals surface area contributed by atoms with Gasteiger partial charge in [0, 0.05) is 36.8 Å². The summed E-state index contributed by atoms with van der Waals surface area (Å²) in [4.78, 5) is 0. The van der Waals surface area contributed by atoms with Crippen molar-refractivity contribution in [3.8, 4) is 11.8 Å². The second kappa shape index (κ2) is 12.9. The van der Waals surface area contributed by atoms with E-state index in [-0.39, 0.29) is 0 Å². The fourth-order valence-electron chi connectivity index (χ4n) is 2.65. The third-order valence-electron chi connectivity index (χ3n) is 4.45. The lowest BCUT2D eigenvalue weighted by molar-refractivity contribution is 0.271. The molecule has 0 radical (unpaired) electrons. The predicted octanol–water partition coefficient (Wildman–Crippen LogP) is 3.10. The van der Waals surface area contributed by atoms with Crippen LogP contribution in [-0.4, -0.2) is 48.6 Å². The molecule has 0 amide bonds. The van der Waals surface area contributed by atoms with Crippen molar-refractivity contribution >= 4 is 0 Å². The smallest absolute Gasteiger partial charge is 0.236 e. The Morgan fingerprint density at radius 3 is 1.84 bits per heavy atom. The average molecular weight is 353 g/mol. The number of hydrogen-bond acceptors (Lipinski definition) is 6. The van der Waals surface area contributed by atoms with Gasteiger partial charge in [-0.25, -0.2) is 0 Å². The van der Waals surface area contributed by atoms with Crippen molar-refractivity contribution in [2.24, 2.45) is 0 Å². The molecule has 144 valence electrons. The van der Waals surface area contributed by atoms with Gasteiger partial charge < -0.3 is 20.1 Å². The van der Waals surface area contributed by atoms with Gasteiger partial charge in [0.1, 0.15) is 13.2 Å². The number of aromatic nitrogens is 2. The lowest BCUT2D eigenvalue weighted by atomic mass is 10.2. The summed E-state index contributed by atoms with van der Waals surface area (Å²) in [5, 5.41) is 15.2. The molecule has 0 unspecified atom stereocenters. The van der Waals surface area contributed by atoms with E-state index in [1.165, 1.54) is 0 Å². The highest BCUT2D eigenvalue weighted by Crippen LogP contribution is 2.17. The molecule has 6 nitrogen and oxygen atoms in total. The summed E-state index contributed by atoms with van der Waals surface area (Å²) in [7, 11) is 0. The van der Waals surface area contributed by atoms with E-state index in [2.05, 4.69) is 48.5 Å². The molecule has 0 aliphatic rings. The number of hydrogen-bond donors (Lipinski definition) is 2. The molecule has 1 heterocycles. The second-order valence-electron chi connectivity index (χ2n) is 6.30. The Balaban J connectivity index is 2.31. The molecule has 1 aromatic heterocycles. The Bertz CT molecular complexity index is 463. The van der Waals surface area contributed by atoms with Crippen molar-refractivity contribution in [2.75, 3.05) is 26.3 Å². The van der Waals surface area contributed by atoms with Crippen LogP contribution in [0.2, 0.25) is 0 Å². The molecule has 0 saturated carbocycles. The van der Waals surface area contributed by atoms with Gasteiger partial charge in [-0.15, -0.1) is 10.2 Å². The number of nitrogens with zero attached hydrogens (tertiary/aromatic N) is 2. The highest BCUT2D eigenvalue weighted by atomic mass is 16.5. The fourth-order valence-corrected chi connectivity index (χ4v) is 2.65. The van der Waals surface area contributed by atoms with Gasteiger partial charge in [-0.3, -0.25) is 0 Å². The lowest BCUT2D eigenvalue weighted by Gasteiger charge is -2.15. The zero-order valence-corrected chi connectivity index (χ0v) is 16.6. The van der Waals surface area contributed by atoms with Gasteiger partial charge >= 0.3 is 0 Å². The minimum atomic E-state index is 0.548. The first-order valence-electron chi connectivity index (χ1n) is 9.71. The maximum Gasteiger partial charge on any atom is 0.236 e. The second-order valence-corrected chi connectivity index (χ2v) is 6.30. The number of nitrogens with one attached hydrogen (secondary N) is 2. The van der Waals surface area contributed by atoms with Crippen LogP contribution in [0.1, 0.15) is 58.9 Å². The first-order chi connectivity index (χ1) is 12.1. The first kappa shape index (κ1) is 21.6.